The third-order valence-corrected chi connectivity index (χ3v) is 11.5. The molecule has 0 heterocycles. The van der Waals surface area contributed by atoms with Crippen LogP contribution in [0.15, 0.2) is 141 Å². The maximum atomic E-state index is 11.0. The Morgan fingerprint density at radius 1 is 0.317 bits per heavy atom. The Bertz CT molecular complexity index is 2400. The number of benzene rings is 6. The van der Waals surface area contributed by atoms with Crippen LogP contribution in [0.25, 0.3) is 21.5 Å². The highest BCUT2D eigenvalue weighted by atomic mass is 32.2. The largest absolute Gasteiger partial charge is 0.744 e. The molecule has 0 aromatic heterocycles. The Morgan fingerprint density at radius 3 is 0.633 bits per heavy atom. The zero-order chi connectivity index (χ0) is 41.9. The van der Waals surface area contributed by atoms with E-state index in [1.807, 2.05) is 0 Å². The number of quaternary nitrogens is 4. The van der Waals surface area contributed by atoms with Crippen molar-refractivity contribution >= 4 is 62.0 Å². The van der Waals surface area contributed by atoms with E-state index in [1.165, 1.54) is 70.8 Å². The van der Waals surface area contributed by atoms with Gasteiger partial charge in [0.05, 0.1) is 45.8 Å². The van der Waals surface area contributed by atoms with Crippen molar-refractivity contribution in [2.45, 2.75) is 45.8 Å². The van der Waals surface area contributed by atoms with Gasteiger partial charge in [-0.05, 0) is 36.4 Å². The molecule has 20 nitrogen and oxygen atoms in total. The minimum atomic E-state index is -4.74. The Labute approximate surface area is 346 Å². The summed E-state index contributed by atoms with van der Waals surface area (Å²) in [5, 5.41) is -0.317. The zero-order valence-electron chi connectivity index (χ0n) is 31.7. The molecule has 0 aliphatic carbocycles. The van der Waals surface area contributed by atoms with E-state index in [4.69, 9.17) is 0 Å². The number of rotatable bonds is 8. The lowest BCUT2D eigenvalue weighted by atomic mass is 10.1. The van der Waals surface area contributed by atoms with E-state index in [-0.39, 0.29) is 43.4 Å². The normalized spacial score (nSPS) is 10.9. The molecule has 0 aliphatic rings. The van der Waals surface area contributed by atoms with Crippen molar-refractivity contribution in [2.75, 3.05) is 0 Å². The van der Waals surface area contributed by atoms with Crippen LogP contribution in [0, 0.1) is 0 Å². The monoisotopic (exact) mass is 920 g/mol. The summed E-state index contributed by atoms with van der Waals surface area (Å²) >= 11 is 0. The van der Waals surface area contributed by atoms with Crippen molar-refractivity contribution in [3.05, 3.63) is 144 Å². The lowest BCUT2D eigenvalue weighted by Gasteiger charge is -2.14. The molecule has 0 saturated carbocycles. The first-order valence-corrected chi connectivity index (χ1v) is 22.0. The summed E-state index contributed by atoms with van der Waals surface area (Å²) in [5.74, 6) is 0. The van der Waals surface area contributed by atoms with Gasteiger partial charge in [-0.15, -0.1) is 0 Å². The maximum absolute atomic E-state index is 11.0. The van der Waals surface area contributed by atoms with Crippen LogP contribution < -0.4 is 22.9 Å². The summed E-state index contributed by atoms with van der Waals surface area (Å²) in [4.78, 5) is -2.20. The van der Waals surface area contributed by atoms with E-state index in [2.05, 4.69) is 71.5 Å². The lowest BCUT2D eigenvalue weighted by Crippen LogP contribution is -2.48. The molecular formula is C36H48N4O16S4. The summed E-state index contributed by atoms with van der Waals surface area (Å²) in [5.41, 5.74) is 20.4. The van der Waals surface area contributed by atoms with Crippen molar-refractivity contribution in [1.82, 2.24) is 0 Å². The number of hydrogen-bond acceptors (Lipinski definition) is 12. The molecule has 0 unspecified atom stereocenters. The molecule has 0 amide bonds. The van der Waals surface area contributed by atoms with Crippen LogP contribution in [0.2, 0.25) is 0 Å². The SMILES string of the molecule is O.O.O.O.O=S(=O)([O-])c1cccc2c(S(=O)(=O)[O-])cccc12.O=S(=O)([O-])c1cccc2c(S(=O)(=O)[O-])cccc12.[NH3+]Cc1cccc(C[NH3+])c1.[NH3+]Cc1cccc(C[NH3+])c1. The predicted octanol–water partition coefficient (Wildman–Crippen LogP) is -3.66. The molecule has 0 aliphatic heterocycles. The van der Waals surface area contributed by atoms with E-state index in [0.717, 1.165) is 50.4 Å². The average molecular weight is 921 g/mol. The molecule has 6 aromatic rings. The quantitative estimate of drug-likeness (QED) is 0.107. The Hall–Kier alpha value is -4.84. The van der Waals surface area contributed by atoms with Crippen LogP contribution in [-0.2, 0) is 66.7 Å². The van der Waals surface area contributed by atoms with Gasteiger partial charge in [0.15, 0.2) is 0 Å². The molecule has 0 spiro atoms. The summed E-state index contributed by atoms with van der Waals surface area (Å²) < 4.78 is 132. The smallest absolute Gasteiger partial charge is 0.125 e. The molecule has 0 atom stereocenters. The first-order valence-electron chi connectivity index (χ1n) is 16.3. The first kappa shape index (κ1) is 57.3. The van der Waals surface area contributed by atoms with Gasteiger partial charge in [0.25, 0.3) is 0 Å². The van der Waals surface area contributed by atoms with Gasteiger partial charge in [0.1, 0.15) is 40.5 Å². The molecule has 332 valence electrons. The Balaban J connectivity index is 0. The van der Waals surface area contributed by atoms with Crippen LogP contribution in [0.1, 0.15) is 22.3 Å². The minimum absolute atomic E-state index is 0. The molecule has 24 heteroatoms. The number of hydrogen-bond donors (Lipinski definition) is 4. The van der Waals surface area contributed by atoms with E-state index < -0.39 is 60.1 Å². The topological polar surface area (TPSA) is 465 Å². The van der Waals surface area contributed by atoms with Crippen LogP contribution in [0.3, 0.4) is 0 Å². The van der Waals surface area contributed by atoms with E-state index >= 15 is 0 Å². The third-order valence-electron chi connectivity index (χ3n) is 7.90. The summed E-state index contributed by atoms with van der Waals surface area (Å²) in [7, 11) is -19.0. The highest BCUT2D eigenvalue weighted by Gasteiger charge is 2.13. The van der Waals surface area contributed by atoms with Crippen LogP contribution in [-0.4, -0.2) is 73.8 Å². The van der Waals surface area contributed by atoms with Gasteiger partial charge in [-0.1, -0.05) is 84.9 Å². The highest BCUT2D eigenvalue weighted by molar-refractivity contribution is 7.87. The van der Waals surface area contributed by atoms with Gasteiger partial charge in [-0.2, -0.15) is 0 Å². The maximum Gasteiger partial charge on any atom is 0.125 e. The fourth-order valence-electron chi connectivity index (χ4n) is 5.26. The van der Waals surface area contributed by atoms with Gasteiger partial charge in [0, 0.05) is 43.8 Å². The predicted molar refractivity (Wildman–Crippen MR) is 213 cm³/mol. The summed E-state index contributed by atoms with van der Waals surface area (Å²) in [6.45, 7) is 3.48. The van der Waals surface area contributed by atoms with Crippen LogP contribution in [0.4, 0.5) is 0 Å². The van der Waals surface area contributed by atoms with Gasteiger partial charge in [0.2, 0.25) is 0 Å². The average Bonchev–Trinajstić information content (AvgIpc) is 3.16. The van der Waals surface area contributed by atoms with Crippen LogP contribution >= 0.6 is 0 Å². The zero-order valence-corrected chi connectivity index (χ0v) is 35.0. The van der Waals surface area contributed by atoms with E-state index in [1.54, 1.807) is 0 Å². The minimum Gasteiger partial charge on any atom is -0.744 e. The Morgan fingerprint density at radius 2 is 0.483 bits per heavy atom. The summed E-state index contributed by atoms with van der Waals surface area (Å²) in [6, 6.07) is 31.0. The molecule has 0 radical (unpaired) electrons. The van der Waals surface area contributed by atoms with Crippen molar-refractivity contribution in [1.29, 1.82) is 0 Å². The molecule has 0 saturated heterocycles. The van der Waals surface area contributed by atoms with Gasteiger partial charge >= 0.3 is 0 Å². The molecular weight excluding hydrogens is 873 g/mol. The highest BCUT2D eigenvalue weighted by Crippen LogP contribution is 2.29. The van der Waals surface area contributed by atoms with Crippen molar-refractivity contribution in [2.24, 2.45) is 0 Å². The molecule has 60 heavy (non-hydrogen) atoms. The third kappa shape index (κ3) is 16.0. The van der Waals surface area contributed by atoms with Gasteiger partial charge < -0.3 is 63.1 Å². The molecule has 0 bridgehead atoms. The summed E-state index contributed by atoms with van der Waals surface area (Å²) in [6.07, 6.45) is 0. The second-order valence-electron chi connectivity index (χ2n) is 11.7. The van der Waals surface area contributed by atoms with Crippen LogP contribution in [0.5, 0.6) is 0 Å². The Kier molecular flexibility index (Phi) is 23.3. The van der Waals surface area contributed by atoms with Crippen molar-refractivity contribution in [3.8, 4) is 0 Å². The lowest BCUT2D eigenvalue weighted by molar-refractivity contribution is -0.388. The number of fused-ring (bicyclic) bond motifs is 2. The molecule has 6 rings (SSSR count). The second kappa shape index (κ2) is 24.4. The first-order chi connectivity index (χ1) is 26.1. The molecule has 6 aromatic carbocycles. The fourth-order valence-corrected chi connectivity index (χ4v) is 8.03. The fraction of sp³-hybridized carbons (Fsp3) is 0.111. The van der Waals surface area contributed by atoms with Gasteiger partial charge in [-0.3, -0.25) is 0 Å². The van der Waals surface area contributed by atoms with Crippen molar-refractivity contribution in [3.63, 3.8) is 0 Å². The van der Waals surface area contributed by atoms with E-state index in [0.29, 0.717) is 0 Å². The van der Waals surface area contributed by atoms with Gasteiger partial charge in [-0.25, -0.2) is 33.7 Å². The van der Waals surface area contributed by atoms with Crippen molar-refractivity contribution < 1.29 is 96.7 Å². The second-order valence-corrected chi connectivity index (χ2v) is 17.1. The van der Waals surface area contributed by atoms with E-state index in [9.17, 15) is 51.9 Å². The molecule has 0 fully saturated rings. The standard InChI is InChI=1S/2C10H8O6S2.2C8H12N2.4H2O/c2*11-17(12,13)9-5-1-3-7-8(9)4-2-6-10(7)18(14,15)16;2*9-5-7-2-1-3-8(4-7)6-10;;;;/h2*1-6H,(H,11,12,13)(H,14,15,16);2*1-4H,5-6,9-10H2;4*1H2. The molecule has 20 N–H and O–H groups in total.